The van der Waals surface area contributed by atoms with Crippen LogP contribution in [0.2, 0.25) is 0 Å². The van der Waals surface area contributed by atoms with Gasteiger partial charge in [0, 0.05) is 0 Å². The van der Waals surface area contributed by atoms with Gasteiger partial charge in [-0.25, -0.2) is 4.79 Å². The number of ether oxygens (including phenoxy) is 1. The first kappa shape index (κ1) is 8.71. The maximum atomic E-state index is 10.9. The van der Waals surface area contributed by atoms with Crippen molar-refractivity contribution in [2.24, 2.45) is 0 Å². The zero-order valence-electron chi connectivity index (χ0n) is 6.93. The molecule has 5 heteroatoms. The van der Waals surface area contributed by atoms with Crippen LogP contribution in [0.3, 0.4) is 0 Å². The molecule has 0 fully saturated rings. The smallest absolute Gasteiger partial charge is 0.345 e. The maximum absolute atomic E-state index is 10.9. The Morgan fingerprint density at radius 1 is 1.43 bits per heavy atom. The van der Waals surface area contributed by atoms with E-state index in [2.05, 4.69) is 4.74 Å². The zero-order chi connectivity index (χ0) is 10.3. The number of hydrogen-bond acceptors (Lipinski definition) is 5. The fourth-order valence-corrected chi connectivity index (χ4v) is 1.34. The summed E-state index contributed by atoms with van der Waals surface area (Å²) in [6.45, 7) is 0. The Morgan fingerprint density at radius 3 is 2.79 bits per heavy atom. The van der Waals surface area contributed by atoms with Crippen LogP contribution in [0.4, 0.5) is 0 Å². The molecule has 5 nitrogen and oxygen atoms in total. The largest absolute Gasteiger partial charge is 0.507 e. The lowest BCUT2D eigenvalue weighted by Crippen LogP contribution is -2.08. The average molecular weight is 194 g/mol. The Kier molecular flexibility index (Phi) is 1.75. The van der Waals surface area contributed by atoms with Crippen molar-refractivity contribution in [2.75, 3.05) is 0 Å². The summed E-state index contributed by atoms with van der Waals surface area (Å²) in [5.74, 6) is -1.17. The number of benzene rings is 1. The van der Waals surface area contributed by atoms with E-state index in [1.807, 2.05) is 0 Å². The van der Waals surface area contributed by atoms with Crippen LogP contribution in [0.1, 0.15) is 22.0 Å². The van der Waals surface area contributed by atoms with E-state index in [4.69, 9.17) is 0 Å². The van der Waals surface area contributed by atoms with Crippen LogP contribution in [0.15, 0.2) is 12.1 Å². The number of fused-ring (bicyclic) bond motifs is 1. The van der Waals surface area contributed by atoms with E-state index >= 15 is 0 Å². The monoisotopic (exact) mass is 194 g/mol. The van der Waals surface area contributed by atoms with E-state index in [0.717, 1.165) is 0 Å². The van der Waals surface area contributed by atoms with Crippen molar-refractivity contribution in [3.8, 4) is 11.5 Å². The van der Waals surface area contributed by atoms with Crippen molar-refractivity contribution in [1.82, 2.24) is 0 Å². The number of rotatable bonds is 1. The van der Waals surface area contributed by atoms with Gasteiger partial charge in [0.15, 0.2) is 12.4 Å². The number of aromatic hydroxyl groups is 1. The number of aliphatic hydroxyl groups is 1. The predicted octanol–water partition coefficient (Wildman–Crippen LogP) is 0.157. The Labute approximate surface area is 78.5 Å². The third-order valence-corrected chi connectivity index (χ3v) is 2.04. The van der Waals surface area contributed by atoms with Gasteiger partial charge in [0.2, 0.25) is 0 Å². The molecular weight excluding hydrogens is 188 g/mol. The molecule has 1 aromatic carbocycles. The minimum Gasteiger partial charge on any atom is -0.507 e. The van der Waals surface area contributed by atoms with Gasteiger partial charge in [0.05, 0.1) is 11.1 Å². The van der Waals surface area contributed by atoms with Crippen LogP contribution < -0.4 is 4.74 Å². The summed E-state index contributed by atoms with van der Waals surface area (Å²) in [6, 6.07) is 2.67. The highest BCUT2D eigenvalue weighted by Gasteiger charge is 2.35. The Hall–Kier alpha value is -1.88. The standard InChI is InChI=1S/C9H6O5/c10-3-4-1-2-5-6(7(4)11)8(12)9(13)14-5/h1-3,8,11-12H. The van der Waals surface area contributed by atoms with Gasteiger partial charge in [-0.3, -0.25) is 4.79 Å². The van der Waals surface area contributed by atoms with Gasteiger partial charge in [-0.05, 0) is 12.1 Å². The molecular formula is C9H6O5. The molecule has 1 aromatic rings. The van der Waals surface area contributed by atoms with Crippen LogP contribution in [0, 0.1) is 0 Å². The summed E-state index contributed by atoms with van der Waals surface area (Å²) in [6.07, 6.45) is -1.07. The number of phenolic OH excluding ortho intramolecular Hbond substituents is 1. The summed E-state index contributed by atoms with van der Waals surface area (Å²) in [4.78, 5) is 21.4. The van der Waals surface area contributed by atoms with E-state index in [9.17, 15) is 19.8 Å². The molecule has 0 aliphatic carbocycles. The van der Waals surface area contributed by atoms with Crippen molar-refractivity contribution >= 4 is 12.3 Å². The summed E-state index contributed by atoms with van der Waals surface area (Å²) in [5.41, 5.74) is -0.0271. The van der Waals surface area contributed by atoms with E-state index in [0.29, 0.717) is 6.29 Å². The fourth-order valence-electron chi connectivity index (χ4n) is 1.34. The first-order chi connectivity index (χ1) is 6.65. The van der Waals surface area contributed by atoms with Gasteiger partial charge in [-0.1, -0.05) is 0 Å². The van der Waals surface area contributed by atoms with Gasteiger partial charge in [-0.2, -0.15) is 0 Å². The number of aliphatic hydroxyl groups excluding tert-OH is 1. The lowest BCUT2D eigenvalue weighted by molar-refractivity contribution is -0.140. The van der Waals surface area contributed by atoms with Gasteiger partial charge < -0.3 is 14.9 Å². The van der Waals surface area contributed by atoms with Crippen LogP contribution in [-0.2, 0) is 4.79 Å². The van der Waals surface area contributed by atoms with E-state index < -0.39 is 17.8 Å². The number of aldehydes is 1. The molecule has 2 rings (SSSR count). The molecule has 2 N–H and O–H groups in total. The highest BCUT2D eigenvalue weighted by molar-refractivity contribution is 5.89. The second-order valence-electron chi connectivity index (χ2n) is 2.86. The molecule has 0 spiro atoms. The van der Waals surface area contributed by atoms with Gasteiger partial charge in [0.1, 0.15) is 11.5 Å². The Balaban J connectivity index is 2.65. The Bertz CT molecular complexity index is 423. The molecule has 1 unspecified atom stereocenters. The van der Waals surface area contributed by atoms with E-state index in [-0.39, 0.29) is 16.9 Å². The highest BCUT2D eigenvalue weighted by Crippen LogP contribution is 2.40. The van der Waals surface area contributed by atoms with Gasteiger partial charge in [-0.15, -0.1) is 0 Å². The van der Waals surface area contributed by atoms with E-state index in [1.165, 1.54) is 12.1 Å². The second-order valence-corrected chi connectivity index (χ2v) is 2.86. The zero-order valence-corrected chi connectivity index (χ0v) is 6.93. The number of carbonyl (C=O) groups is 2. The molecule has 72 valence electrons. The molecule has 0 radical (unpaired) electrons. The van der Waals surface area contributed by atoms with Gasteiger partial charge >= 0.3 is 5.97 Å². The van der Waals surface area contributed by atoms with Crippen LogP contribution in [0.25, 0.3) is 0 Å². The molecule has 14 heavy (non-hydrogen) atoms. The van der Waals surface area contributed by atoms with Crippen molar-refractivity contribution < 1.29 is 24.5 Å². The lowest BCUT2D eigenvalue weighted by Gasteiger charge is -2.03. The number of esters is 1. The SMILES string of the molecule is O=Cc1ccc2c(c1O)C(O)C(=O)O2. The molecule has 0 saturated carbocycles. The molecule has 1 atom stereocenters. The van der Waals surface area contributed by atoms with Crippen LogP contribution in [0.5, 0.6) is 11.5 Å². The number of carbonyl (C=O) groups excluding carboxylic acids is 2. The summed E-state index contributed by atoms with van der Waals surface area (Å²) in [7, 11) is 0. The molecule has 0 amide bonds. The lowest BCUT2D eigenvalue weighted by atomic mass is 10.1. The Morgan fingerprint density at radius 2 is 2.14 bits per heavy atom. The van der Waals surface area contributed by atoms with Crippen LogP contribution in [-0.4, -0.2) is 22.5 Å². The minimum absolute atomic E-state index is 0.0149. The van der Waals surface area contributed by atoms with Crippen molar-refractivity contribution in [2.45, 2.75) is 6.10 Å². The average Bonchev–Trinajstić information content (AvgIpc) is 2.44. The molecule has 0 aromatic heterocycles. The molecule has 1 aliphatic rings. The summed E-state index contributed by atoms with van der Waals surface area (Å²) >= 11 is 0. The maximum Gasteiger partial charge on any atom is 0.345 e. The quantitative estimate of drug-likeness (QED) is 0.378. The topological polar surface area (TPSA) is 83.8 Å². The third-order valence-electron chi connectivity index (χ3n) is 2.04. The van der Waals surface area contributed by atoms with Crippen LogP contribution >= 0.6 is 0 Å². The summed E-state index contributed by atoms with van der Waals surface area (Å²) < 4.78 is 4.63. The highest BCUT2D eigenvalue weighted by atomic mass is 16.6. The number of hydrogen-bond donors (Lipinski definition) is 2. The fraction of sp³-hybridized carbons (Fsp3) is 0.111. The predicted molar refractivity (Wildman–Crippen MR) is 44.1 cm³/mol. The van der Waals surface area contributed by atoms with Gasteiger partial charge in [0.25, 0.3) is 0 Å². The summed E-state index contributed by atoms with van der Waals surface area (Å²) in [5, 5.41) is 18.8. The first-order valence-electron chi connectivity index (χ1n) is 3.86. The molecule has 1 aliphatic heterocycles. The second kappa shape index (κ2) is 2.81. The third kappa shape index (κ3) is 0.993. The minimum atomic E-state index is -1.51. The normalized spacial score (nSPS) is 18.9. The van der Waals surface area contributed by atoms with Crippen molar-refractivity contribution in [3.05, 3.63) is 23.3 Å². The first-order valence-corrected chi connectivity index (χ1v) is 3.86. The number of phenols is 1. The van der Waals surface area contributed by atoms with Crippen molar-refractivity contribution in [1.29, 1.82) is 0 Å². The molecule has 0 bridgehead atoms. The molecule has 0 saturated heterocycles. The molecule has 1 heterocycles. The van der Waals surface area contributed by atoms with Crippen molar-refractivity contribution in [3.63, 3.8) is 0 Å². The van der Waals surface area contributed by atoms with E-state index in [1.54, 1.807) is 0 Å².